The van der Waals surface area contributed by atoms with E-state index in [1.165, 1.54) is 19.2 Å². The minimum Gasteiger partial charge on any atom is -0.436 e. The number of hydrogen-bond donors (Lipinski definition) is 3. The van der Waals surface area contributed by atoms with Gasteiger partial charge in [-0.1, -0.05) is 18.6 Å². The van der Waals surface area contributed by atoms with Gasteiger partial charge in [-0.15, -0.1) is 0 Å². The van der Waals surface area contributed by atoms with E-state index in [1.807, 2.05) is 6.08 Å². The maximum atomic E-state index is 14.0. The SMILES string of the molecule is CN(c1ccc(F)cc1)S(=O)(=O)C12CC1/C=C\CCCCCC(OC(N)=O)C(=O)N1CCCC1(C(N)=O)C(=O)N2. The molecule has 0 radical (unpaired) electrons. The average Bonchev–Trinajstić information content (AvgIpc) is 3.40. The van der Waals surface area contributed by atoms with Gasteiger partial charge in [0, 0.05) is 19.5 Å². The molecule has 4 atom stereocenters. The van der Waals surface area contributed by atoms with E-state index in [4.69, 9.17) is 16.2 Å². The van der Waals surface area contributed by atoms with E-state index in [1.54, 1.807) is 6.08 Å². The van der Waals surface area contributed by atoms with E-state index in [0.29, 0.717) is 19.3 Å². The number of ether oxygens (including phenoxy) is 1. The molecule has 2 heterocycles. The highest BCUT2D eigenvalue weighted by Gasteiger charge is 2.68. The van der Waals surface area contributed by atoms with E-state index in [9.17, 15) is 32.0 Å². The molecule has 12 nitrogen and oxygen atoms in total. The molecule has 1 saturated heterocycles. The Morgan fingerprint density at radius 1 is 1.12 bits per heavy atom. The fraction of sp³-hybridized carbons (Fsp3) is 0.538. The van der Waals surface area contributed by atoms with Crippen LogP contribution in [-0.2, 0) is 29.1 Å². The molecule has 1 aromatic carbocycles. The van der Waals surface area contributed by atoms with Crippen molar-refractivity contribution in [3.63, 3.8) is 0 Å². The van der Waals surface area contributed by atoms with Crippen LogP contribution < -0.4 is 21.1 Å². The first kappa shape index (κ1) is 29.3. The largest absolute Gasteiger partial charge is 0.436 e. The van der Waals surface area contributed by atoms with Crippen molar-refractivity contribution in [3.8, 4) is 0 Å². The lowest BCUT2D eigenvalue weighted by molar-refractivity contribution is -0.157. The number of fused-ring (bicyclic) bond motifs is 2. The molecular formula is C26H34FN5O7S. The summed E-state index contributed by atoms with van der Waals surface area (Å²) in [6.45, 7) is -0.0353. The Balaban J connectivity index is 1.76. The summed E-state index contributed by atoms with van der Waals surface area (Å²) in [5, 5.41) is 2.59. The van der Waals surface area contributed by atoms with Gasteiger partial charge in [0.25, 0.3) is 27.7 Å². The van der Waals surface area contributed by atoms with Gasteiger partial charge in [-0.25, -0.2) is 17.6 Å². The summed E-state index contributed by atoms with van der Waals surface area (Å²) in [6.07, 6.45) is 3.78. The predicted octanol–water partition coefficient (Wildman–Crippen LogP) is 1.25. The molecule has 218 valence electrons. The maximum Gasteiger partial charge on any atom is 0.405 e. The van der Waals surface area contributed by atoms with Crippen molar-refractivity contribution in [3.05, 3.63) is 42.2 Å². The standard InChI is InChI=1S/C26H34FN5O7S/c1-31(19-12-10-18(27)11-13-19)40(37,38)26-16-17(26)8-5-3-2-4-6-9-20(39-24(29)36)21(33)32-15-7-14-25(32,22(28)34)23(35)30-26/h5,8,10-13,17,20H,2-4,6-7,9,14-16H2,1H3,(H2,28,34)(H2,29,36)(H,30,35)/b8-5-. The molecule has 40 heavy (non-hydrogen) atoms. The highest BCUT2D eigenvalue weighted by molar-refractivity contribution is 7.94. The number of carbonyl (C=O) groups excluding carboxylic acids is 4. The summed E-state index contributed by atoms with van der Waals surface area (Å²) < 4.78 is 47.5. The number of rotatable bonds is 5. The molecule has 0 bridgehead atoms. The molecule has 1 aliphatic carbocycles. The molecule has 0 aromatic heterocycles. The van der Waals surface area contributed by atoms with Crippen molar-refractivity contribution in [2.24, 2.45) is 17.4 Å². The number of primary amides is 2. The molecule has 1 saturated carbocycles. The van der Waals surface area contributed by atoms with Crippen LogP contribution in [0.5, 0.6) is 0 Å². The van der Waals surface area contributed by atoms with Gasteiger partial charge in [0.05, 0.1) is 5.69 Å². The molecule has 4 amide bonds. The monoisotopic (exact) mass is 579 g/mol. The molecular weight excluding hydrogens is 545 g/mol. The minimum absolute atomic E-state index is 0.0132. The zero-order chi connectivity index (χ0) is 29.3. The molecule has 0 spiro atoms. The highest BCUT2D eigenvalue weighted by atomic mass is 32.2. The Kier molecular flexibility index (Phi) is 8.11. The fourth-order valence-corrected chi connectivity index (χ4v) is 7.58. The van der Waals surface area contributed by atoms with E-state index >= 15 is 0 Å². The maximum absolute atomic E-state index is 14.0. The fourth-order valence-electron chi connectivity index (χ4n) is 5.62. The lowest BCUT2D eigenvalue weighted by atomic mass is 9.92. The number of carbonyl (C=O) groups is 4. The van der Waals surface area contributed by atoms with Crippen molar-refractivity contribution in [1.82, 2.24) is 10.2 Å². The van der Waals surface area contributed by atoms with Crippen molar-refractivity contribution in [2.45, 2.75) is 67.9 Å². The average molecular weight is 580 g/mol. The third kappa shape index (κ3) is 5.11. The molecule has 4 rings (SSSR count). The summed E-state index contributed by atoms with van der Waals surface area (Å²) in [4.78, 5) is 51.2. The number of allylic oxidation sites excluding steroid dienone is 1. The summed E-state index contributed by atoms with van der Waals surface area (Å²) in [5.41, 5.74) is 8.91. The predicted molar refractivity (Wildman–Crippen MR) is 142 cm³/mol. The van der Waals surface area contributed by atoms with Crippen molar-refractivity contribution in [1.29, 1.82) is 0 Å². The van der Waals surface area contributed by atoms with Gasteiger partial charge < -0.3 is 26.4 Å². The highest BCUT2D eigenvalue weighted by Crippen LogP contribution is 2.51. The van der Waals surface area contributed by atoms with Gasteiger partial charge in [0.2, 0.25) is 5.54 Å². The zero-order valence-corrected chi connectivity index (χ0v) is 23.0. The second-order valence-corrected chi connectivity index (χ2v) is 12.6. The number of sulfonamides is 1. The first-order chi connectivity index (χ1) is 18.9. The molecule has 1 aromatic rings. The number of benzene rings is 1. The smallest absolute Gasteiger partial charge is 0.405 e. The quantitative estimate of drug-likeness (QED) is 0.346. The molecule has 3 aliphatic rings. The van der Waals surface area contributed by atoms with Gasteiger partial charge in [-0.2, -0.15) is 0 Å². The number of hydrogen-bond acceptors (Lipinski definition) is 7. The number of amides is 4. The minimum atomic E-state index is -4.33. The van der Waals surface area contributed by atoms with Crippen molar-refractivity contribution < 1.29 is 36.7 Å². The van der Waals surface area contributed by atoms with Gasteiger partial charge in [0.15, 0.2) is 11.0 Å². The van der Waals surface area contributed by atoms with Crippen LogP contribution in [0.1, 0.15) is 51.4 Å². The van der Waals surface area contributed by atoms with Gasteiger partial charge >= 0.3 is 6.09 Å². The normalized spacial score (nSPS) is 30.1. The van der Waals surface area contributed by atoms with Crippen LogP contribution in [0, 0.1) is 11.7 Å². The molecule has 4 unspecified atom stereocenters. The lowest BCUT2D eigenvalue weighted by Gasteiger charge is -2.37. The molecule has 14 heteroatoms. The van der Waals surface area contributed by atoms with Gasteiger partial charge in [-0.3, -0.25) is 18.7 Å². The van der Waals surface area contributed by atoms with E-state index < -0.39 is 62.1 Å². The summed E-state index contributed by atoms with van der Waals surface area (Å²) in [5.74, 6) is -4.15. The summed E-state index contributed by atoms with van der Waals surface area (Å²) in [6, 6.07) is 4.83. The first-order valence-corrected chi connectivity index (χ1v) is 14.6. The third-order valence-corrected chi connectivity index (χ3v) is 10.4. The number of halogens is 1. The van der Waals surface area contributed by atoms with Crippen LogP contribution in [0.15, 0.2) is 36.4 Å². The van der Waals surface area contributed by atoms with E-state index in [2.05, 4.69) is 5.32 Å². The van der Waals surface area contributed by atoms with Crippen molar-refractivity contribution >= 4 is 39.5 Å². The van der Waals surface area contributed by atoms with Crippen LogP contribution in [0.2, 0.25) is 0 Å². The number of nitrogens with zero attached hydrogens (tertiary/aromatic N) is 2. The van der Waals surface area contributed by atoms with Crippen LogP contribution in [0.4, 0.5) is 14.9 Å². The summed E-state index contributed by atoms with van der Waals surface area (Å²) in [7, 11) is -3.04. The third-order valence-electron chi connectivity index (χ3n) is 7.97. The van der Waals surface area contributed by atoms with Crippen LogP contribution in [0.3, 0.4) is 0 Å². The Labute approximate surface area is 231 Å². The number of nitrogens with one attached hydrogen (secondary N) is 1. The summed E-state index contributed by atoms with van der Waals surface area (Å²) >= 11 is 0. The number of nitrogens with two attached hydrogens (primary N) is 2. The van der Waals surface area contributed by atoms with E-state index in [-0.39, 0.29) is 37.9 Å². The van der Waals surface area contributed by atoms with Crippen molar-refractivity contribution in [2.75, 3.05) is 17.9 Å². The van der Waals surface area contributed by atoms with Crippen LogP contribution >= 0.6 is 0 Å². The topological polar surface area (TPSA) is 182 Å². The molecule has 5 N–H and O–H groups in total. The van der Waals surface area contributed by atoms with Gasteiger partial charge in [-0.05, 0) is 69.2 Å². The van der Waals surface area contributed by atoms with Crippen LogP contribution in [-0.4, -0.2) is 67.2 Å². The Hall–Kier alpha value is -3.68. The second kappa shape index (κ2) is 11.1. The lowest BCUT2D eigenvalue weighted by Crippen LogP contribution is -2.68. The van der Waals surface area contributed by atoms with E-state index in [0.717, 1.165) is 27.8 Å². The number of anilines is 1. The molecule has 2 fully saturated rings. The Bertz CT molecular complexity index is 1320. The Morgan fingerprint density at radius 2 is 1.82 bits per heavy atom. The first-order valence-electron chi connectivity index (χ1n) is 13.2. The zero-order valence-electron chi connectivity index (χ0n) is 22.2. The van der Waals surface area contributed by atoms with Gasteiger partial charge in [0.1, 0.15) is 5.82 Å². The second-order valence-electron chi connectivity index (χ2n) is 10.4. The Morgan fingerprint density at radius 3 is 2.48 bits per heavy atom. The molecule has 2 aliphatic heterocycles. The van der Waals surface area contributed by atoms with Crippen LogP contribution in [0.25, 0.3) is 0 Å².